The zero-order valence-corrected chi connectivity index (χ0v) is 15.3. The molecule has 0 aliphatic carbocycles. The Labute approximate surface area is 152 Å². The molecule has 1 aromatic heterocycles. The smallest absolute Gasteiger partial charge is 0.264 e. The topological polar surface area (TPSA) is 54.6 Å². The predicted molar refractivity (Wildman–Crippen MR) is 102 cm³/mol. The van der Waals surface area contributed by atoms with E-state index in [0.717, 1.165) is 22.1 Å². The summed E-state index contributed by atoms with van der Waals surface area (Å²) >= 11 is 0. The lowest BCUT2D eigenvalue weighted by Crippen LogP contribution is -2.29. The van der Waals surface area contributed by atoms with Gasteiger partial charge in [0.2, 0.25) is 0 Å². The number of hydrogen-bond acceptors (Lipinski definition) is 3. The first-order chi connectivity index (χ1) is 12.4. The summed E-state index contributed by atoms with van der Waals surface area (Å²) in [5.41, 5.74) is 3.87. The quantitative estimate of drug-likeness (QED) is 0.643. The maximum absolute atomic E-state index is 13.5. The van der Waals surface area contributed by atoms with Gasteiger partial charge in [-0.1, -0.05) is 23.8 Å². The zero-order chi connectivity index (χ0) is 18.5. The van der Waals surface area contributed by atoms with Crippen molar-refractivity contribution in [3.63, 3.8) is 0 Å². The van der Waals surface area contributed by atoms with Crippen molar-refractivity contribution in [2.45, 2.75) is 25.2 Å². The fourth-order valence-corrected chi connectivity index (χ4v) is 5.46. The molecule has 0 saturated carbocycles. The number of pyridine rings is 1. The van der Waals surface area contributed by atoms with Gasteiger partial charge in [0.25, 0.3) is 10.0 Å². The van der Waals surface area contributed by atoms with Gasteiger partial charge in [0.1, 0.15) is 0 Å². The van der Waals surface area contributed by atoms with Gasteiger partial charge in [0, 0.05) is 35.4 Å². The molecule has 0 amide bonds. The molecule has 0 saturated heterocycles. The predicted octanol–water partition coefficient (Wildman–Crippen LogP) is 4.15. The highest BCUT2D eigenvalue weighted by molar-refractivity contribution is 7.93. The van der Waals surface area contributed by atoms with Gasteiger partial charge in [-0.25, -0.2) is 13.3 Å². The van der Waals surface area contributed by atoms with Crippen LogP contribution in [-0.4, -0.2) is 19.9 Å². The van der Waals surface area contributed by atoms with Crippen LogP contribution < -0.4 is 4.31 Å². The molecule has 5 nitrogen and oxygen atoms in total. The van der Waals surface area contributed by atoms with Gasteiger partial charge in [-0.05, 0) is 43.5 Å². The Kier molecular flexibility index (Phi) is 3.70. The molecule has 1 aliphatic rings. The Balaban J connectivity index is 1.95. The molecule has 1 aliphatic heterocycles. The summed E-state index contributed by atoms with van der Waals surface area (Å²) < 4.78 is 28.4. The second kappa shape index (κ2) is 5.82. The second-order valence-electron chi connectivity index (χ2n) is 6.51. The molecule has 0 bridgehead atoms. The Morgan fingerprint density at radius 3 is 2.73 bits per heavy atom. The molecule has 2 aromatic carbocycles. The number of fused-ring (bicyclic) bond motifs is 2. The third-order valence-corrected chi connectivity index (χ3v) is 6.76. The normalized spacial score (nSPS) is 13.7. The summed E-state index contributed by atoms with van der Waals surface area (Å²) in [6.45, 7) is 11.5. The van der Waals surface area contributed by atoms with E-state index in [4.69, 9.17) is 6.57 Å². The molecule has 0 spiro atoms. The molecule has 26 heavy (non-hydrogen) atoms. The highest BCUT2D eigenvalue weighted by Gasteiger charge is 2.33. The van der Waals surface area contributed by atoms with Crippen LogP contribution in [0.5, 0.6) is 0 Å². The minimum atomic E-state index is -3.74. The van der Waals surface area contributed by atoms with E-state index in [1.165, 1.54) is 4.31 Å². The minimum absolute atomic E-state index is 0.286. The Morgan fingerprint density at radius 2 is 1.96 bits per heavy atom. The molecule has 0 N–H and O–H groups in total. The van der Waals surface area contributed by atoms with Crippen LogP contribution in [0.2, 0.25) is 0 Å². The van der Waals surface area contributed by atoms with Gasteiger partial charge in [-0.2, -0.15) is 0 Å². The average molecular weight is 363 g/mol. The number of sulfonamides is 1. The molecule has 4 rings (SSSR count). The fraction of sp³-hybridized carbons (Fsp3) is 0.200. The summed E-state index contributed by atoms with van der Waals surface area (Å²) in [6.07, 6.45) is 4.02. The summed E-state index contributed by atoms with van der Waals surface area (Å²) in [7, 11) is -3.74. The van der Waals surface area contributed by atoms with E-state index in [1.807, 2.05) is 26.0 Å². The van der Waals surface area contributed by atoms with E-state index in [-0.39, 0.29) is 4.90 Å². The molecular formula is C20H17N3O2S. The number of aryl methyl sites for hydroxylation is 2. The minimum Gasteiger partial charge on any atom is -0.267 e. The SMILES string of the molecule is [C-]#[N+]c1cc(C)c2c(c1)N(S(=O)(=O)c1cccc3cncc(C)c13)CC2. The number of rotatable bonds is 2. The molecule has 130 valence electrons. The van der Waals surface area contributed by atoms with Crippen LogP contribution in [0, 0.1) is 20.4 Å². The van der Waals surface area contributed by atoms with Crippen LogP contribution in [0.25, 0.3) is 15.6 Å². The number of nitrogens with zero attached hydrogens (tertiary/aromatic N) is 3. The van der Waals surface area contributed by atoms with Crippen LogP contribution in [-0.2, 0) is 16.4 Å². The first-order valence-corrected chi connectivity index (χ1v) is 9.74. The molecule has 0 atom stereocenters. The largest absolute Gasteiger partial charge is 0.267 e. The van der Waals surface area contributed by atoms with Crippen molar-refractivity contribution < 1.29 is 8.42 Å². The van der Waals surface area contributed by atoms with E-state index in [0.29, 0.717) is 29.7 Å². The van der Waals surface area contributed by atoms with Crippen molar-refractivity contribution in [1.82, 2.24) is 4.98 Å². The van der Waals surface area contributed by atoms with Crippen LogP contribution in [0.4, 0.5) is 11.4 Å². The van der Waals surface area contributed by atoms with E-state index in [1.54, 1.807) is 30.6 Å². The Morgan fingerprint density at radius 1 is 1.15 bits per heavy atom. The lowest BCUT2D eigenvalue weighted by atomic mass is 10.1. The monoisotopic (exact) mass is 363 g/mol. The van der Waals surface area contributed by atoms with Crippen LogP contribution in [0.3, 0.4) is 0 Å². The van der Waals surface area contributed by atoms with E-state index in [2.05, 4.69) is 9.83 Å². The summed E-state index contributed by atoms with van der Waals surface area (Å²) in [5, 5.41) is 1.51. The summed E-state index contributed by atoms with van der Waals surface area (Å²) in [4.78, 5) is 7.93. The van der Waals surface area contributed by atoms with Crippen LogP contribution >= 0.6 is 0 Å². The van der Waals surface area contributed by atoms with E-state index < -0.39 is 10.0 Å². The first-order valence-electron chi connectivity index (χ1n) is 8.30. The number of aromatic nitrogens is 1. The molecular weight excluding hydrogens is 346 g/mol. The maximum atomic E-state index is 13.5. The van der Waals surface area contributed by atoms with Crippen molar-refractivity contribution in [1.29, 1.82) is 0 Å². The van der Waals surface area contributed by atoms with Gasteiger partial charge in [0.05, 0.1) is 11.5 Å². The zero-order valence-electron chi connectivity index (χ0n) is 14.5. The molecule has 0 fully saturated rings. The molecule has 2 heterocycles. The van der Waals surface area contributed by atoms with Crippen molar-refractivity contribution in [3.8, 4) is 0 Å². The van der Waals surface area contributed by atoms with E-state index >= 15 is 0 Å². The van der Waals surface area contributed by atoms with Gasteiger partial charge >= 0.3 is 0 Å². The van der Waals surface area contributed by atoms with Gasteiger partial charge < -0.3 is 0 Å². The third-order valence-electron chi connectivity index (χ3n) is 4.90. The van der Waals surface area contributed by atoms with E-state index in [9.17, 15) is 8.42 Å². The van der Waals surface area contributed by atoms with Gasteiger partial charge in [-0.3, -0.25) is 9.29 Å². The molecule has 6 heteroatoms. The molecule has 3 aromatic rings. The second-order valence-corrected chi connectivity index (χ2v) is 8.34. The average Bonchev–Trinajstić information content (AvgIpc) is 3.06. The maximum Gasteiger partial charge on any atom is 0.264 e. The number of anilines is 1. The molecule has 0 radical (unpaired) electrons. The lowest BCUT2D eigenvalue weighted by Gasteiger charge is -2.21. The van der Waals surface area contributed by atoms with Crippen molar-refractivity contribution >= 4 is 32.2 Å². The van der Waals surface area contributed by atoms with Gasteiger partial charge in [0.15, 0.2) is 5.69 Å². The van der Waals surface area contributed by atoms with Crippen molar-refractivity contribution in [3.05, 3.63) is 70.8 Å². The van der Waals surface area contributed by atoms with Crippen LogP contribution in [0.1, 0.15) is 16.7 Å². The number of benzene rings is 2. The summed E-state index contributed by atoms with van der Waals surface area (Å²) in [5.74, 6) is 0. The third kappa shape index (κ3) is 2.36. The van der Waals surface area contributed by atoms with Crippen LogP contribution in [0.15, 0.2) is 47.6 Å². The Bertz CT molecular complexity index is 1190. The lowest BCUT2D eigenvalue weighted by molar-refractivity contribution is 0.593. The Hall–Kier alpha value is -2.91. The summed E-state index contributed by atoms with van der Waals surface area (Å²) in [6, 6.07) is 8.75. The van der Waals surface area contributed by atoms with Crippen molar-refractivity contribution in [2.24, 2.45) is 0 Å². The first kappa shape index (κ1) is 16.6. The highest BCUT2D eigenvalue weighted by atomic mass is 32.2. The molecule has 0 unspecified atom stereocenters. The van der Waals surface area contributed by atoms with Crippen molar-refractivity contribution in [2.75, 3.05) is 10.8 Å². The number of hydrogen-bond donors (Lipinski definition) is 0. The van der Waals surface area contributed by atoms with Gasteiger partial charge in [-0.15, -0.1) is 0 Å². The standard InChI is InChI=1S/C20H17N3O2S/c1-13-9-16(21-3)10-18-17(13)7-8-23(18)26(24,25)19-6-4-5-15-12-22-11-14(2)20(15)19/h4-6,9-12H,7-8H2,1-2H3. The fourth-order valence-electron chi connectivity index (χ4n) is 3.68. The highest BCUT2D eigenvalue weighted by Crippen LogP contribution is 2.39.